The normalized spacial score (nSPS) is 16.9. The van der Waals surface area contributed by atoms with Gasteiger partial charge in [-0.05, 0) is 62.1 Å². The molecule has 1 aliphatic heterocycles. The zero-order chi connectivity index (χ0) is 19.4. The molecule has 0 spiro atoms. The fourth-order valence-electron chi connectivity index (χ4n) is 3.40. The Balaban J connectivity index is 1.69. The van der Waals surface area contributed by atoms with E-state index in [2.05, 4.69) is 12.2 Å². The summed E-state index contributed by atoms with van der Waals surface area (Å²) in [6, 6.07) is 9.81. The molecule has 1 aliphatic rings. The van der Waals surface area contributed by atoms with Crippen LogP contribution >= 0.6 is 0 Å². The van der Waals surface area contributed by atoms with Gasteiger partial charge in [0.05, 0.1) is 0 Å². The summed E-state index contributed by atoms with van der Waals surface area (Å²) in [6.07, 6.45) is 4.11. The Labute approximate surface area is 157 Å². The second-order valence-corrected chi connectivity index (χ2v) is 6.72. The highest BCUT2D eigenvalue weighted by atomic mass is 19.2. The van der Waals surface area contributed by atoms with E-state index in [4.69, 9.17) is 0 Å². The maximum Gasteiger partial charge on any atom is 0.255 e. The maximum absolute atomic E-state index is 13.2. The molecule has 0 saturated carbocycles. The van der Waals surface area contributed by atoms with Crippen molar-refractivity contribution in [1.29, 1.82) is 0 Å². The van der Waals surface area contributed by atoms with Crippen LogP contribution in [0.3, 0.4) is 0 Å². The Morgan fingerprint density at radius 3 is 2.41 bits per heavy atom. The number of benzene rings is 2. The van der Waals surface area contributed by atoms with Crippen LogP contribution in [-0.4, -0.2) is 29.3 Å². The average molecular weight is 372 g/mol. The van der Waals surface area contributed by atoms with E-state index in [0.29, 0.717) is 11.1 Å². The Morgan fingerprint density at radius 2 is 1.74 bits per heavy atom. The zero-order valence-electron chi connectivity index (χ0n) is 15.2. The Bertz CT molecular complexity index is 837. The van der Waals surface area contributed by atoms with E-state index in [1.165, 1.54) is 6.07 Å². The predicted octanol–water partition coefficient (Wildman–Crippen LogP) is 4.62. The van der Waals surface area contributed by atoms with E-state index in [9.17, 15) is 18.4 Å². The fraction of sp³-hybridized carbons (Fsp3) is 0.333. The van der Waals surface area contributed by atoms with Gasteiger partial charge in [-0.25, -0.2) is 8.78 Å². The van der Waals surface area contributed by atoms with Gasteiger partial charge in [-0.3, -0.25) is 9.59 Å². The first kappa shape index (κ1) is 19.0. The van der Waals surface area contributed by atoms with Crippen molar-refractivity contribution in [2.45, 2.75) is 38.6 Å². The van der Waals surface area contributed by atoms with Crippen LogP contribution < -0.4 is 5.32 Å². The van der Waals surface area contributed by atoms with Crippen molar-refractivity contribution in [2.75, 3.05) is 11.9 Å². The van der Waals surface area contributed by atoms with Crippen LogP contribution in [0.1, 0.15) is 53.3 Å². The molecule has 1 unspecified atom stereocenters. The SMILES string of the molecule is CCC1CCCCN1C(=O)c1ccc(C(=O)Nc2ccc(F)c(F)c2)cc1. The molecule has 3 rings (SSSR count). The molecule has 1 saturated heterocycles. The second kappa shape index (κ2) is 8.29. The molecule has 1 heterocycles. The summed E-state index contributed by atoms with van der Waals surface area (Å²) < 4.78 is 26.2. The molecule has 0 radical (unpaired) electrons. The Hall–Kier alpha value is -2.76. The smallest absolute Gasteiger partial charge is 0.255 e. The lowest BCUT2D eigenvalue weighted by Gasteiger charge is -2.35. The van der Waals surface area contributed by atoms with Gasteiger partial charge in [-0.1, -0.05) is 6.92 Å². The van der Waals surface area contributed by atoms with Gasteiger partial charge in [0.1, 0.15) is 0 Å². The van der Waals surface area contributed by atoms with Crippen LogP contribution in [0.5, 0.6) is 0 Å². The first-order valence-corrected chi connectivity index (χ1v) is 9.17. The molecule has 1 fully saturated rings. The number of hydrogen-bond acceptors (Lipinski definition) is 2. The molecule has 0 bridgehead atoms. The minimum atomic E-state index is -1.03. The minimum Gasteiger partial charge on any atom is -0.336 e. The van der Waals surface area contributed by atoms with Crippen LogP contribution in [0, 0.1) is 11.6 Å². The van der Waals surface area contributed by atoms with E-state index in [-0.39, 0.29) is 17.6 Å². The van der Waals surface area contributed by atoms with Gasteiger partial charge < -0.3 is 10.2 Å². The van der Waals surface area contributed by atoms with Gasteiger partial charge in [0.2, 0.25) is 0 Å². The highest BCUT2D eigenvalue weighted by molar-refractivity contribution is 6.05. The van der Waals surface area contributed by atoms with Crippen molar-refractivity contribution in [3.05, 3.63) is 65.2 Å². The molecule has 27 heavy (non-hydrogen) atoms. The van der Waals surface area contributed by atoms with E-state index in [1.807, 2.05) is 4.90 Å². The molecule has 4 nitrogen and oxygen atoms in total. The van der Waals surface area contributed by atoms with Crippen molar-refractivity contribution >= 4 is 17.5 Å². The highest BCUT2D eigenvalue weighted by Crippen LogP contribution is 2.22. The van der Waals surface area contributed by atoms with Crippen molar-refractivity contribution in [3.8, 4) is 0 Å². The number of rotatable bonds is 4. The summed E-state index contributed by atoms with van der Waals surface area (Å²) in [4.78, 5) is 26.9. The summed E-state index contributed by atoms with van der Waals surface area (Å²) in [5.41, 5.74) is 1.04. The zero-order valence-corrected chi connectivity index (χ0v) is 15.2. The van der Waals surface area contributed by atoms with Gasteiger partial charge in [0.15, 0.2) is 11.6 Å². The third-order valence-electron chi connectivity index (χ3n) is 4.93. The lowest BCUT2D eigenvalue weighted by atomic mass is 9.98. The van der Waals surface area contributed by atoms with Crippen LogP contribution in [0.2, 0.25) is 0 Å². The minimum absolute atomic E-state index is 0.0193. The number of piperidine rings is 1. The monoisotopic (exact) mass is 372 g/mol. The molecule has 6 heteroatoms. The Kier molecular flexibility index (Phi) is 5.84. The third kappa shape index (κ3) is 4.32. The van der Waals surface area contributed by atoms with Crippen molar-refractivity contribution in [2.24, 2.45) is 0 Å². The van der Waals surface area contributed by atoms with E-state index in [0.717, 1.165) is 44.4 Å². The van der Waals surface area contributed by atoms with E-state index >= 15 is 0 Å². The quantitative estimate of drug-likeness (QED) is 0.851. The average Bonchev–Trinajstić information content (AvgIpc) is 2.70. The number of carbonyl (C=O) groups is 2. The van der Waals surface area contributed by atoms with Crippen LogP contribution in [0.15, 0.2) is 42.5 Å². The van der Waals surface area contributed by atoms with Gasteiger partial charge in [-0.15, -0.1) is 0 Å². The number of nitrogens with one attached hydrogen (secondary N) is 1. The lowest BCUT2D eigenvalue weighted by Crippen LogP contribution is -2.43. The largest absolute Gasteiger partial charge is 0.336 e. The number of anilines is 1. The fourth-order valence-corrected chi connectivity index (χ4v) is 3.40. The summed E-state index contributed by atoms with van der Waals surface area (Å²) >= 11 is 0. The molecule has 1 N–H and O–H groups in total. The molecule has 2 aromatic carbocycles. The number of amides is 2. The number of likely N-dealkylation sites (tertiary alicyclic amines) is 1. The molecular formula is C21H22F2N2O2. The number of nitrogens with zero attached hydrogens (tertiary/aromatic N) is 1. The van der Waals surface area contributed by atoms with Gasteiger partial charge in [-0.2, -0.15) is 0 Å². The number of carbonyl (C=O) groups excluding carboxylic acids is 2. The van der Waals surface area contributed by atoms with Gasteiger partial charge >= 0.3 is 0 Å². The van der Waals surface area contributed by atoms with Gasteiger partial charge in [0.25, 0.3) is 11.8 Å². The molecule has 2 aromatic rings. The van der Waals surface area contributed by atoms with Crippen molar-refractivity contribution in [1.82, 2.24) is 4.90 Å². The van der Waals surface area contributed by atoms with E-state index in [1.54, 1.807) is 24.3 Å². The predicted molar refractivity (Wildman–Crippen MR) is 99.7 cm³/mol. The molecule has 0 aliphatic carbocycles. The van der Waals surface area contributed by atoms with Crippen molar-refractivity contribution < 1.29 is 18.4 Å². The molecule has 0 aromatic heterocycles. The molecular weight excluding hydrogens is 350 g/mol. The second-order valence-electron chi connectivity index (χ2n) is 6.72. The molecule has 142 valence electrons. The summed E-state index contributed by atoms with van der Waals surface area (Å²) in [5, 5.41) is 2.51. The van der Waals surface area contributed by atoms with Gasteiger partial charge in [0, 0.05) is 35.5 Å². The summed E-state index contributed by atoms with van der Waals surface area (Å²) in [5.74, 6) is -2.47. The number of hydrogen-bond donors (Lipinski definition) is 1. The maximum atomic E-state index is 13.2. The Morgan fingerprint density at radius 1 is 1.04 bits per heavy atom. The standard InChI is InChI=1S/C21H22F2N2O2/c1-2-17-5-3-4-12-25(17)21(27)15-8-6-14(7-9-15)20(26)24-16-10-11-18(22)19(23)13-16/h6-11,13,17H,2-5,12H2,1H3,(H,24,26). The third-order valence-corrected chi connectivity index (χ3v) is 4.93. The van der Waals surface area contributed by atoms with Crippen LogP contribution in [0.4, 0.5) is 14.5 Å². The van der Waals surface area contributed by atoms with Crippen LogP contribution in [0.25, 0.3) is 0 Å². The first-order valence-electron chi connectivity index (χ1n) is 9.17. The first-order chi connectivity index (χ1) is 13.0. The van der Waals surface area contributed by atoms with Crippen LogP contribution in [-0.2, 0) is 0 Å². The van der Waals surface area contributed by atoms with E-state index < -0.39 is 17.5 Å². The molecule has 1 atom stereocenters. The van der Waals surface area contributed by atoms with Crippen molar-refractivity contribution in [3.63, 3.8) is 0 Å². The highest BCUT2D eigenvalue weighted by Gasteiger charge is 2.26. The lowest BCUT2D eigenvalue weighted by molar-refractivity contribution is 0.0607. The number of halogens is 2. The topological polar surface area (TPSA) is 49.4 Å². The molecule has 2 amide bonds. The summed E-state index contributed by atoms with van der Waals surface area (Å²) in [7, 11) is 0. The summed E-state index contributed by atoms with van der Waals surface area (Å²) in [6.45, 7) is 2.84.